The molecule has 0 aliphatic rings. The molecule has 0 spiro atoms. The van der Waals surface area contributed by atoms with Gasteiger partial charge in [0.05, 0.1) is 18.9 Å². The molecule has 4 aromatic rings. The molecule has 0 aliphatic carbocycles. The third kappa shape index (κ3) is 5.32. The normalized spacial score (nSPS) is 10.6. The average Bonchev–Trinajstić information content (AvgIpc) is 3.27. The Kier molecular flexibility index (Phi) is 6.90. The summed E-state index contributed by atoms with van der Waals surface area (Å²) < 4.78 is 12.6. The molecule has 33 heavy (non-hydrogen) atoms. The number of hydrogen-bond acceptors (Lipinski definition) is 5. The first-order valence-corrected chi connectivity index (χ1v) is 11.0. The molecule has 7 nitrogen and oxygen atoms in total. The Bertz CT molecular complexity index is 1240. The third-order valence-corrected chi connectivity index (χ3v) is 4.94. The molecule has 1 N–H and O–H groups in total. The zero-order chi connectivity index (χ0) is 23.2. The zero-order valence-corrected chi connectivity index (χ0v) is 19.0. The van der Waals surface area contributed by atoms with E-state index >= 15 is 0 Å². The summed E-state index contributed by atoms with van der Waals surface area (Å²) in [5, 5.41) is 7.88. The van der Waals surface area contributed by atoms with E-state index in [-0.39, 0.29) is 5.82 Å². The van der Waals surface area contributed by atoms with Crippen LogP contribution >= 0.6 is 11.6 Å². The summed E-state index contributed by atoms with van der Waals surface area (Å²) in [6.07, 6.45) is 0. The maximum atomic E-state index is 12.9. The van der Waals surface area contributed by atoms with Crippen molar-refractivity contribution in [1.29, 1.82) is 0 Å². The Balaban J connectivity index is 1.67. The summed E-state index contributed by atoms with van der Waals surface area (Å²) in [5.41, 5.74) is 2.09. The monoisotopic (exact) mass is 462 g/mol. The van der Waals surface area contributed by atoms with E-state index in [2.05, 4.69) is 15.4 Å². The lowest BCUT2D eigenvalue weighted by atomic mass is 10.2. The Morgan fingerprint density at radius 3 is 2.18 bits per heavy atom. The molecular formula is C25H23ClN4O3. The van der Waals surface area contributed by atoms with E-state index in [1.54, 1.807) is 41.1 Å². The van der Waals surface area contributed by atoms with Crippen molar-refractivity contribution in [1.82, 2.24) is 14.8 Å². The fraction of sp³-hybridized carbons (Fsp3) is 0.160. The molecule has 0 radical (unpaired) electrons. The van der Waals surface area contributed by atoms with Gasteiger partial charge in [0, 0.05) is 16.3 Å². The summed E-state index contributed by atoms with van der Waals surface area (Å²) in [7, 11) is 0. The smallest absolute Gasteiger partial charge is 0.295 e. The van der Waals surface area contributed by atoms with Gasteiger partial charge in [0.25, 0.3) is 5.91 Å². The fourth-order valence-corrected chi connectivity index (χ4v) is 3.43. The number of carbonyl (C=O) groups excluding carboxylic acids is 1. The van der Waals surface area contributed by atoms with E-state index in [4.69, 9.17) is 21.1 Å². The number of amides is 1. The number of rotatable bonds is 8. The number of nitrogens with one attached hydrogen (secondary N) is 1. The van der Waals surface area contributed by atoms with Gasteiger partial charge < -0.3 is 14.8 Å². The molecule has 1 amide bonds. The largest absolute Gasteiger partial charge is 0.494 e. The molecule has 0 aliphatic heterocycles. The second-order valence-corrected chi connectivity index (χ2v) is 7.46. The summed E-state index contributed by atoms with van der Waals surface area (Å²) in [6.45, 7) is 4.99. The molecule has 0 unspecified atom stereocenters. The van der Waals surface area contributed by atoms with Crippen LogP contribution < -0.4 is 14.8 Å². The SMILES string of the molecule is CCOc1ccc(NC(=O)c2nc(-c3cccc(Cl)c3)n(-c3ccc(OCC)cc3)n2)cc1. The molecule has 0 bridgehead atoms. The van der Waals surface area contributed by atoms with Gasteiger partial charge in [0.1, 0.15) is 11.5 Å². The van der Waals surface area contributed by atoms with Crippen LogP contribution in [-0.4, -0.2) is 33.9 Å². The maximum Gasteiger partial charge on any atom is 0.295 e. The van der Waals surface area contributed by atoms with Crippen LogP contribution in [0, 0.1) is 0 Å². The highest BCUT2D eigenvalue weighted by atomic mass is 35.5. The number of aromatic nitrogens is 3. The van der Waals surface area contributed by atoms with Gasteiger partial charge in [-0.3, -0.25) is 4.79 Å². The Hall–Kier alpha value is -3.84. The number of hydrogen-bond donors (Lipinski definition) is 1. The quantitative estimate of drug-likeness (QED) is 0.366. The van der Waals surface area contributed by atoms with Crippen LogP contribution in [0.1, 0.15) is 24.5 Å². The van der Waals surface area contributed by atoms with Gasteiger partial charge in [0.15, 0.2) is 5.82 Å². The lowest BCUT2D eigenvalue weighted by Gasteiger charge is -2.08. The second kappa shape index (κ2) is 10.2. The molecule has 3 aromatic carbocycles. The summed E-state index contributed by atoms with van der Waals surface area (Å²) in [4.78, 5) is 17.5. The van der Waals surface area contributed by atoms with Gasteiger partial charge in [0.2, 0.25) is 5.82 Å². The van der Waals surface area contributed by atoms with Gasteiger partial charge in [-0.15, -0.1) is 5.10 Å². The number of halogens is 1. The molecular weight excluding hydrogens is 440 g/mol. The highest BCUT2D eigenvalue weighted by Crippen LogP contribution is 2.25. The van der Waals surface area contributed by atoms with Crippen LogP contribution in [0.25, 0.3) is 17.1 Å². The molecule has 0 atom stereocenters. The number of ether oxygens (including phenoxy) is 2. The van der Waals surface area contributed by atoms with Gasteiger partial charge >= 0.3 is 0 Å². The lowest BCUT2D eigenvalue weighted by Crippen LogP contribution is -2.14. The van der Waals surface area contributed by atoms with Crippen LogP contribution in [0.2, 0.25) is 5.02 Å². The van der Waals surface area contributed by atoms with Crippen molar-refractivity contribution in [3.05, 3.63) is 83.6 Å². The van der Waals surface area contributed by atoms with Crippen LogP contribution in [-0.2, 0) is 0 Å². The molecule has 4 rings (SSSR count). The number of carbonyl (C=O) groups is 1. The van der Waals surface area contributed by atoms with Gasteiger partial charge in [-0.1, -0.05) is 23.7 Å². The third-order valence-electron chi connectivity index (χ3n) is 4.71. The summed E-state index contributed by atoms with van der Waals surface area (Å²) >= 11 is 6.20. The summed E-state index contributed by atoms with van der Waals surface area (Å²) in [5.74, 6) is 1.59. The topological polar surface area (TPSA) is 78.3 Å². The van der Waals surface area contributed by atoms with Crippen LogP contribution in [0.3, 0.4) is 0 Å². The van der Waals surface area contributed by atoms with Crippen molar-refractivity contribution in [2.45, 2.75) is 13.8 Å². The van der Waals surface area contributed by atoms with Crippen molar-refractivity contribution in [3.8, 4) is 28.6 Å². The minimum Gasteiger partial charge on any atom is -0.494 e. The van der Waals surface area contributed by atoms with E-state index in [0.29, 0.717) is 29.7 Å². The van der Waals surface area contributed by atoms with E-state index in [1.807, 2.05) is 50.2 Å². The first kappa shape index (κ1) is 22.4. The van der Waals surface area contributed by atoms with Gasteiger partial charge in [-0.2, -0.15) is 0 Å². The van der Waals surface area contributed by atoms with Crippen LogP contribution in [0.5, 0.6) is 11.5 Å². The zero-order valence-electron chi connectivity index (χ0n) is 18.3. The Morgan fingerprint density at radius 2 is 1.58 bits per heavy atom. The van der Waals surface area contributed by atoms with Crippen molar-refractivity contribution in [2.75, 3.05) is 18.5 Å². The molecule has 0 saturated heterocycles. The highest BCUT2D eigenvalue weighted by Gasteiger charge is 2.19. The van der Waals surface area contributed by atoms with Crippen molar-refractivity contribution >= 4 is 23.2 Å². The predicted octanol–water partition coefficient (Wildman–Crippen LogP) is 5.64. The van der Waals surface area contributed by atoms with E-state index in [9.17, 15) is 4.79 Å². The number of benzene rings is 3. The minimum atomic E-state index is -0.424. The van der Waals surface area contributed by atoms with Crippen molar-refractivity contribution < 1.29 is 14.3 Å². The van der Waals surface area contributed by atoms with E-state index in [1.165, 1.54) is 0 Å². The predicted molar refractivity (Wildman–Crippen MR) is 129 cm³/mol. The molecule has 0 fully saturated rings. The molecule has 0 saturated carbocycles. The first-order valence-electron chi connectivity index (χ1n) is 10.6. The average molecular weight is 463 g/mol. The number of nitrogens with zero attached hydrogens (tertiary/aromatic N) is 3. The molecule has 1 aromatic heterocycles. The standard InChI is InChI=1S/C25H23ClN4O3/c1-3-32-21-12-8-19(9-13-21)27-25(31)23-28-24(17-6-5-7-18(26)16-17)30(29-23)20-10-14-22(15-11-20)33-4-2/h5-16H,3-4H2,1-2H3,(H,27,31). The van der Waals surface area contributed by atoms with Crippen molar-refractivity contribution in [3.63, 3.8) is 0 Å². The van der Waals surface area contributed by atoms with Crippen LogP contribution in [0.15, 0.2) is 72.8 Å². The van der Waals surface area contributed by atoms with E-state index < -0.39 is 5.91 Å². The Labute approximate surface area is 196 Å². The molecule has 8 heteroatoms. The van der Waals surface area contributed by atoms with Gasteiger partial charge in [-0.05, 0) is 74.5 Å². The van der Waals surface area contributed by atoms with Crippen LogP contribution in [0.4, 0.5) is 5.69 Å². The van der Waals surface area contributed by atoms with E-state index in [0.717, 1.165) is 22.7 Å². The van der Waals surface area contributed by atoms with Gasteiger partial charge in [-0.25, -0.2) is 9.67 Å². The molecule has 1 heterocycles. The Morgan fingerprint density at radius 1 is 0.939 bits per heavy atom. The first-order chi connectivity index (χ1) is 16.1. The lowest BCUT2D eigenvalue weighted by molar-refractivity contribution is 0.101. The highest BCUT2D eigenvalue weighted by molar-refractivity contribution is 6.30. The maximum absolute atomic E-state index is 12.9. The fourth-order valence-electron chi connectivity index (χ4n) is 3.24. The number of anilines is 1. The summed E-state index contributed by atoms with van der Waals surface area (Å²) in [6, 6.07) is 21.8. The second-order valence-electron chi connectivity index (χ2n) is 7.02. The molecule has 168 valence electrons. The van der Waals surface area contributed by atoms with Crippen molar-refractivity contribution in [2.24, 2.45) is 0 Å². The minimum absolute atomic E-state index is 0.0349.